The van der Waals surface area contributed by atoms with Gasteiger partial charge >= 0.3 is 0 Å². The Morgan fingerprint density at radius 3 is 2.43 bits per heavy atom. The average Bonchev–Trinajstić information content (AvgIpc) is 2.60. The fourth-order valence-electron chi connectivity index (χ4n) is 2.23. The molecule has 2 rings (SSSR count). The van der Waals surface area contributed by atoms with E-state index in [1.54, 1.807) is 0 Å². The number of hydrogen-bond donors (Lipinski definition) is 2. The molecule has 0 aromatic heterocycles. The lowest BCUT2D eigenvalue weighted by atomic mass is 10.2. The van der Waals surface area contributed by atoms with Gasteiger partial charge in [-0.25, -0.2) is 0 Å². The summed E-state index contributed by atoms with van der Waals surface area (Å²) in [7, 11) is 0. The quantitative estimate of drug-likeness (QED) is 0.662. The predicted octanol–water partition coefficient (Wildman–Crippen LogP) is 2.79. The number of aryl methyl sites for hydroxylation is 1. The molecule has 0 aliphatic rings. The molecule has 0 saturated heterocycles. The van der Waals surface area contributed by atoms with Gasteiger partial charge in [-0.05, 0) is 30.2 Å². The van der Waals surface area contributed by atoms with Crippen molar-refractivity contribution in [2.45, 2.75) is 19.9 Å². The zero-order valence-corrected chi connectivity index (χ0v) is 13.6. The monoisotopic (exact) mass is 315 g/mol. The summed E-state index contributed by atoms with van der Waals surface area (Å²) < 4.78 is 11.5. The van der Waals surface area contributed by atoms with Gasteiger partial charge in [-0.15, -0.1) is 0 Å². The minimum Gasteiger partial charge on any atom is -0.490 e. The van der Waals surface area contributed by atoms with E-state index in [-0.39, 0.29) is 6.61 Å². The molecule has 4 heteroatoms. The maximum absolute atomic E-state index is 8.82. The summed E-state index contributed by atoms with van der Waals surface area (Å²) in [5.74, 6) is 1.71. The smallest absolute Gasteiger partial charge is 0.123 e. The van der Waals surface area contributed by atoms with Crippen LogP contribution >= 0.6 is 0 Å². The average molecular weight is 315 g/mol. The molecule has 0 fully saturated rings. The van der Waals surface area contributed by atoms with E-state index in [1.165, 1.54) is 5.56 Å². The van der Waals surface area contributed by atoms with E-state index in [1.807, 2.05) is 36.4 Å². The van der Waals surface area contributed by atoms with Crippen LogP contribution in [0.4, 0.5) is 0 Å². The van der Waals surface area contributed by atoms with Crippen molar-refractivity contribution in [2.75, 3.05) is 26.4 Å². The standard InChI is InChI=1S/C19H25NO3/c1-2-16-7-9-18(10-8-16)22-13-14-23-19-6-4-3-5-17(19)15-20-11-12-21/h3-10,20-21H,2,11-15H2,1H3. The first-order chi connectivity index (χ1) is 11.3. The number of aliphatic hydroxyl groups is 1. The van der Waals surface area contributed by atoms with Crippen molar-refractivity contribution < 1.29 is 14.6 Å². The molecule has 0 bridgehead atoms. The number of hydrogen-bond acceptors (Lipinski definition) is 4. The molecule has 23 heavy (non-hydrogen) atoms. The fraction of sp³-hybridized carbons (Fsp3) is 0.368. The van der Waals surface area contributed by atoms with E-state index in [0.29, 0.717) is 26.3 Å². The Kier molecular flexibility index (Phi) is 7.43. The molecule has 0 aliphatic carbocycles. The van der Waals surface area contributed by atoms with E-state index in [9.17, 15) is 0 Å². The highest BCUT2D eigenvalue weighted by Gasteiger charge is 2.02. The topological polar surface area (TPSA) is 50.7 Å². The van der Waals surface area contributed by atoms with Crippen LogP contribution in [0.1, 0.15) is 18.1 Å². The summed E-state index contributed by atoms with van der Waals surface area (Å²) in [6, 6.07) is 16.0. The highest BCUT2D eigenvalue weighted by molar-refractivity contribution is 5.33. The van der Waals surface area contributed by atoms with Crippen molar-refractivity contribution in [3.8, 4) is 11.5 Å². The molecule has 4 nitrogen and oxygen atoms in total. The van der Waals surface area contributed by atoms with Gasteiger partial charge in [0.1, 0.15) is 24.7 Å². The second kappa shape index (κ2) is 9.87. The Morgan fingerprint density at radius 1 is 0.957 bits per heavy atom. The van der Waals surface area contributed by atoms with E-state index in [0.717, 1.165) is 23.5 Å². The van der Waals surface area contributed by atoms with Crippen LogP contribution in [0.15, 0.2) is 48.5 Å². The first-order valence-electron chi connectivity index (χ1n) is 8.07. The second-order valence-electron chi connectivity index (χ2n) is 5.20. The van der Waals surface area contributed by atoms with Gasteiger partial charge in [-0.3, -0.25) is 0 Å². The van der Waals surface area contributed by atoms with Crippen molar-refractivity contribution in [1.82, 2.24) is 5.32 Å². The normalized spacial score (nSPS) is 10.5. The second-order valence-corrected chi connectivity index (χ2v) is 5.20. The third kappa shape index (κ3) is 5.93. The van der Waals surface area contributed by atoms with Gasteiger partial charge in [0, 0.05) is 18.7 Å². The maximum atomic E-state index is 8.82. The van der Waals surface area contributed by atoms with Crippen LogP contribution in [0, 0.1) is 0 Å². The highest BCUT2D eigenvalue weighted by atomic mass is 16.5. The lowest BCUT2D eigenvalue weighted by molar-refractivity contribution is 0.215. The Bertz CT molecular complexity index is 569. The first-order valence-corrected chi connectivity index (χ1v) is 8.07. The minimum atomic E-state index is 0.133. The van der Waals surface area contributed by atoms with E-state index >= 15 is 0 Å². The molecule has 2 aromatic carbocycles. The van der Waals surface area contributed by atoms with Crippen LogP contribution in [-0.4, -0.2) is 31.5 Å². The number of aliphatic hydroxyl groups excluding tert-OH is 1. The molecule has 0 unspecified atom stereocenters. The molecule has 0 aliphatic heterocycles. The zero-order chi connectivity index (χ0) is 16.3. The third-order valence-corrected chi connectivity index (χ3v) is 3.52. The Labute approximate surface area is 138 Å². The molecule has 0 amide bonds. The molecule has 2 N–H and O–H groups in total. The molecule has 0 radical (unpaired) electrons. The van der Waals surface area contributed by atoms with E-state index in [4.69, 9.17) is 14.6 Å². The fourth-order valence-corrected chi connectivity index (χ4v) is 2.23. The van der Waals surface area contributed by atoms with Gasteiger partial charge < -0.3 is 19.9 Å². The maximum Gasteiger partial charge on any atom is 0.123 e. The van der Waals surface area contributed by atoms with Gasteiger partial charge in [0.15, 0.2) is 0 Å². The first kappa shape index (κ1) is 17.3. The zero-order valence-electron chi connectivity index (χ0n) is 13.6. The van der Waals surface area contributed by atoms with E-state index < -0.39 is 0 Å². The lowest BCUT2D eigenvalue weighted by Gasteiger charge is -2.12. The van der Waals surface area contributed by atoms with Crippen LogP contribution in [0.25, 0.3) is 0 Å². The van der Waals surface area contributed by atoms with Gasteiger partial charge in [0.05, 0.1) is 6.61 Å². The molecule has 0 heterocycles. The molecular formula is C19H25NO3. The highest BCUT2D eigenvalue weighted by Crippen LogP contribution is 2.18. The molecule has 124 valence electrons. The van der Waals surface area contributed by atoms with Crippen molar-refractivity contribution in [3.63, 3.8) is 0 Å². The molecule has 0 spiro atoms. The molecule has 2 aromatic rings. The molecule has 0 saturated carbocycles. The summed E-state index contributed by atoms with van der Waals surface area (Å²) in [5.41, 5.74) is 2.38. The third-order valence-electron chi connectivity index (χ3n) is 3.52. The predicted molar refractivity (Wildman–Crippen MR) is 92.0 cm³/mol. The number of rotatable bonds is 10. The van der Waals surface area contributed by atoms with Crippen molar-refractivity contribution >= 4 is 0 Å². The number of benzene rings is 2. The van der Waals surface area contributed by atoms with Gasteiger partial charge in [-0.2, -0.15) is 0 Å². The SMILES string of the molecule is CCc1ccc(OCCOc2ccccc2CNCCO)cc1. The van der Waals surface area contributed by atoms with Crippen LogP contribution in [0.5, 0.6) is 11.5 Å². The van der Waals surface area contributed by atoms with Gasteiger partial charge in [0.25, 0.3) is 0 Å². The van der Waals surface area contributed by atoms with Crippen molar-refractivity contribution in [1.29, 1.82) is 0 Å². The summed E-state index contributed by atoms with van der Waals surface area (Å²) in [6.45, 7) is 4.52. The van der Waals surface area contributed by atoms with Gasteiger partial charge in [-0.1, -0.05) is 37.3 Å². The van der Waals surface area contributed by atoms with Crippen molar-refractivity contribution in [2.24, 2.45) is 0 Å². The number of nitrogens with one attached hydrogen (secondary N) is 1. The van der Waals surface area contributed by atoms with Crippen LogP contribution < -0.4 is 14.8 Å². The largest absolute Gasteiger partial charge is 0.490 e. The summed E-state index contributed by atoms with van der Waals surface area (Å²) in [4.78, 5) is 0. The summed E-state index contributed by atoms with van der Waals surface area (Å²) in [6.07, 6.45) is 1.03. The Morgan fingerprint density at radius 2 is 1.70 bits per heavy atom. The van der Waals surface area contributed by atoms with Crippen LogP contribution in [0.2, 0.25) is 0 Å². The summed E-state index contributed by atoms with van der Waals surface area (Å²) >= 11 is 0. The lowest BCUT2D eigenvalue weighted by Crippen LogP contribution is -2.18. The Hall–Kier alpha value is -2.04. The molecule has 0 atom stereocenters. The Balaban J connectivity index is 1.77. The minimum absolute atomic E-state index is 0.133. The number of para-hydroxylation sites is 1. The van der Waals surface area contributed by atoms with Crippen LogP contribution in [-0.2, 0) is 13.0 Å². The van der Waals surface area contributed by atoms with Gasteiger partial charge in [0.2, 0.25) is 0 Å². The van der Waals surface area contributed by atoms with Crippen molar-refractivity contribution in [3.05, 3.63) is 59.7 Å². The number of ether oxygens (including phenoxy) is 2. The van der Waals surface area contributed by atoms with E-state index in [2.05, 4.69) is 24.4 Å². The summed E-state index contributed by atoms with van der Waals surface area (Å²) in [5, 5.41) is 12.0. The molecular weight excluding hydrogens is 290 g/mol. The van der Waals surface area contributed by atoms with Crippen LogP contribution in [0.3, 0.4) is 0 Å².